The molecule has 0 atom stereocenters. The van der Waals surface area contributed by atoms with Gasteiger partial charge in [0.2, 0.25) is 0 Å². The number of piperidine rings is 5. The molecule has 6 aliphatic heterocycles. The molecule has 5 saturated heterocycles. The average molecular weight is 1100 g/mol. The second kappa shape index (κ2) is 37.8. The monoisotopic (exact) mass is 1090 g/mol. The number of hydrogen-bond acceptors (Lipinski definition) is 18. The van der Waals surface area contributed by atoms with Crippen LogP contribution >= 0.6 is 40.4 Å². The molecule has 0 aromatic rings. The first-order valence-electron chi connectivity index (χ1n) is 18.2. The summed E-state index contributed by atoms with van der Waals surface area (Å²) in [6.07, 6.45) is 11.5. The van der Waals surface area contributed by atoms with E-state index in [0.29, 0.717) is 78.5 Å². The first kappa shape index (κ1) is 60.3. The Morgan fingerprint density at radius 1 is 0.421 bits per heavy atom. The number of nitrogens with zero attached hydrogens (tertiary/aromatic N) is 12. The van der Waals surface area contributed by atoms with Crippen LogP contribution in [-0.2, 0) is 60.4 Å². The first-order chi connectivity index (χ1) is 26.0. The predicted octanol–water partition coefficient (Wildman–Crippen LogP) is 5.49. The Morgan fingerprint density at radius 3 is 0.860 bits per heavy atom. The molecule has 2 radical (unpaired) electrons. The average Bonchev–Trinajstić information content (AvgIpc) is 3.17. The van der Waals surface area contributed by atoms with Gasteiger partial charge in [0.05, 0.1) is 35.9 Å². The van der Waals surface area contributed by atoms with Gasteiger partial charge in [-0.25, -0.2) is 0 Å². The normalized spacial score (nSPS) is 23.8. The molecular weight excluding hydrogens is 1040 g/mol. The molecule has 8 N–H and O–H groups in total. The van der Waals surface area contributed by atoms with E-state index in [1.54, 1.807) is 0 Å². The van der Waals surface area contributed by atoms with Crippen LogP contribution in [0.25, 0.3) is 0 Å². The van der Waals surface area contributed by atoms with E-state index in [9.17, 15) is 26.0 Å². The SMILES string of the molecule is O.ON1CC=C(N=NC2CCN(O)CC2)CC1.ON1CCC(N=NC2CCN(O)CC2)CC1.ON1CCC(N=NC2CCN(O)CC2)CC1.[Cl][Cu][Cl].[Cl][Cu][Cl].[Cu].[Cu]. The summed E-state index contributed by atoms with van der Waals surface area (Å²) >= 11 is 1.51. The van der Waals surface area contributed by atoms with Crippen molar-refractivity contribution in [3.8, 4) is 0 Å². The number of rotatable bonds is 6. The van der Waals surface area contributed by atoms with Gasteiger partial charge in [-0.1, -0.05) is 0 Å². The van der Waals surface area contributed by atoms with Crippen molar-refractivity contribution in [1.29, 1.82) is 0 Å². The zero-order valence-corrected chi connectivity index (χ0v) is 38.3. The minimum atomic E-state index is 0. The molecule has 0 saturated carbocycles. The Morgan fingerprint density at radius 2 is 0.649 bits per heavy atom. The smallest absolute Gasteiger partial charge is 0 e. The van der Waals surface area contributed by atoms with Crippen molar-refractivity contribution in [2.24, 2.45) is 30.7 Å². The van der Waals surface area contributed by atoms with E-state index >= 15 is 0 Å². The Bertz CT molecular complexity index is 976. The van der Waals surface area contributed by atoms with Crippen LogP contribution < -0.4 is 0 Å². The Balaban J connectivity index is 0. The summed E-state index contributed by atoms with van der Waals surface area (Å²) in [6, 6.07) is 1.33. The minimum Gasteiger partial charge on any atom is 0 e. The molecule has 5 fully saturated rings. The molecule has 0 aliphatic carbocycles. The predicted molar refractivity (Wildman–Crippen MR) is 200 cm³/mol. The first-order valence-corrected chi connectivity index (χ1v) is 23.4. The van der Waals surface area contributed by atoms with Gasteiger partial charge in [0.25, 0.3) is 0 Å². The Kier molecular flexibility index (Phi) is 40.0. The zero-order chi connectivity index (χ0) is 39.6. The van der Waals surface area contributed by atoms with Gasteiger partial charge >= 0.3 is 66.7 Å². The van der Waals surface area contributed by atoms with Crippen LogP contribution in [0.3, 0.4) is 0 Å². The van der Waals surface area contributed by atoms with E-state index in [-0.39, 0.29) is 69.8 Å². The third-order valence-corrected chi connectivity index (χ3v) is 9.50. The quantitative estimate of drug-likeness (QED) is 0.143. The van der Waals surface area contributed by atoms with E-state index < -0.39 is 0 Å². The van der Waals surface area contributed by atoms with E-state index in [1.165, 1.54) is 30.4 Å². The van der Waals surface area contributed by atoms with E-state index in [4.69, 9.17) is 5.21 Å². The van der Waals surface area contributed by atoms with Crippen LogP contribution in [-0.4, -0.2) is 176 Å². The molecule has 6 aliphatic rings. The Hall–Kier alpha value is 1.26. The van der Waals surface area contributed by atoms with Gasteiger partial charge in [-0.2, -0.15) is 61.1 Å². The summed E-state index contributed by atoms with van der Waals surface area (Å²) in [5, 5.41) is 89.0. The van der Waals surface area contributed by atoms with Gasteiger partial charge < -0.3 is 36.7 Å². The van der Waals surface area contributed by atoms with Crippen molar-refractivity contribution >= 4 is 40.4 Å². The second-order valence-electron chi connectivity index (χ2n) is 13.5. The molecule has 6 heterocycles. The molecule has 0 bridgehead atoms. The zero-order valence-electron chi connectivity index (χ0n) is 31.5. The fourth-order valence-corrected chi connectivity index (χ4v) is 6.11. The van der Waals surface area contributed by atoms with Gasteiger partial charge in [0, 0.05) is 119 Å². The molecule has 0 aromatic carbocycles. The van der Waals surface area contributed by atoms with Gasteiger partial charge in [0.15, 0.2) is 0 Å². The van der Waals surface area contributed by atoms with Crippen molar-refractivity contribution in [3.05, 3.63) is 11.8 Å². The molecule has 0 aromatic heterocycles. The van der Waals surface area contributed by atoms with Crippen LogP contribution in [0.2, 0.25) is 0 Å². The van der Waals surface area contributed by atoms with Gasteiger partial charge in [-0.05, 0) is 70.3 Å². The molecule has 0 amide bonds. The largest absolute Gasteiger partial charge is 0 e. The van der Waals surface area contributed by atoms with Crippen molar-refractivity contribution < 1.29 is 97.1 Å². The molecule has 0 unspecified atom stereocenters. The fourth-order valence-electron chi connectivity index (χ4n) is 6.11. The summed E-state index contributed by atoms with van der Waals surface area (Å²) in [5.41, 5.74) is 0.955. The van der Waals surface area contributed by atoms with Crippen molar-refractivity contribution in [2.75, 3.05) is 78.5 Å². The van der Waals surface area contributed by atoms with Crippen molar-refractivity contribution in [3.63, 3.8) is 0 Å². The summed E-state index contributed by atoms with van der Waals surface area (Å²) in [5.74, 6) is 0. The number of halogens is 4. The van der Waals surface area contributed by atoms with E-state index in [1.807, 2.05) is 6.08 Å². The maximum absolute atomic E-state index is 9.20. The van der Waals surface area contributed by atoms with Crippen LogP contribution in [0.1, 0.15) is 70.6 Å². The van der Waals surface area contributed by atoms with Gasteiger partial charge in [0.1, 0.15) is 0 Å². The maximum Gasteiger partial charge on any atom is 0 e. The van der Waals surface area contributed by atoms with E-state index in [0.717, 1.165) is 103 Å². The molecule has 354 valence electrons. The third kappa shape index (κ3) is 30.1. The minimum absolute atomic E-state index is 0. The summed E-state index contributed by atoms with van der Waals surface area (Å²) in [6.45, 7) is 8.05. The number of hydroxylamine groups is 12. The topological polar surface area (TPSA) is 246 Å². The molecular formula is C30H60Cl4Cu4N12O7. The van der Waals surface area contributed by atoms with Crippen LogP contribution in [0.4, 0.5) is 0 Å². The van der Waals surface area contributed by atoms with E-state index in [2.05, 4.69) is 71.1 Å². The van der Waals surface area contributed by atoms with Crippen LogP contribution in [0.5, 0.6) is 0 Å². The van der Waals surface area contributed by atoms with Gasteiger partial charge in [-0.15, -0.1) is 0 Å². The standard InChI is InChI=1S/2C10H20N4O2.C10H18N4O2.4ClH.4Cu.H2O/c3*15-13-5-1-9(2-6-13)11-12-10-3-7-14(16)8-4-10;;;;;;;;;/h2*9-10,15-16H,1-8H2;1,10,15-16H,2-8H2;4*1H;;;;;1H2/q;;;;;;;;;2*+2;/p-4. The van der Waals surface area contributed by atoms with Crippen molar-refractivity contribution in [2.45, 2.75) is 101 Å². The molecule has 57 heavy (non-hydrogen) atoms. The third-order valence-electron chi connectivity index (χ3n) is 9.50. The maximum atomic E-state index is 9.20. The number of azo groups is 3. The second-order valence-corrected chi connectivity index (χ2v) is 16.7. The van der Waals surface area contributed by atoms with Gasteiger partial charge in [-0.3, -0.25) is 0 Å². The fraction of sp³-hybridized carbons (Fsp3) is 0.933. The summed E-state index contributed by atoms with van der Waals surface area (Å²) in [4.78, 5) is 0. The molecule has 27 heteroatoms. The summed E-state index contributed by atoms with van der Waals surface area (Å²) in [7, 11) is 18.7. The van der Waals surface area contributed by atoms with Crippen molar-refractivity contribution in [1.82, 2.24) is 30.4 Å². The van der Waals surface area contributed by atoms with Crippen LogP contribution in [0.15, 0.2) is 42.5 Å². The van der Waals surface area contributed by atoms with Crippen LogP contribution in [0, 0.1) is 0 Å². The molecule has 0 spiro atoms. The summed E-state index contributed by atoms with van der Waals surface area (Å²) < 4.78 is 0. The molecule has 19 nitrogen and oxygen atoms in total. The molecule has 6 rings (SSSR count). The number of hydrogen-bond donors (Lipinski definition) is 6. The Labute approximate surface area is 386 Å².